The third-order valence-electron chi connectivity index (χ3n) is 6.17. The van der Waals surface area contributed by atoms with Crippen LogP contribution in [-0.4, -0.2) is 44.1 Å². The minimum absolute atomic E-state index is 0.120. The lowest BCUT2D eigenvalue weighted by Gasteiger charge is -2.28. The molecular weight excluding hydrogens is 472 g/mol. The minimum atomic E-state index is -0.179. The lowest BCUT2D eigenvalue weighted by atomic mass is 10.0. The second-order valence-corrected chi connectivity index (χ2v) is 8.72. The van der Waals surface area contributed by atoms with Gasteiger partial charge in [-0.15, -0.1) is 0 Å². The molecule has 1 fully saturated rings. The van der Waals surface area contributed by atoms with E-state index in [1.807, 2.05) is 73.1 Å². The summed E-state index contributed by atoms with van der Waals surface area (Å²) >= 11 is 5.76. The van der Waals surface area contributed by atoms with Crippen LogP contribution in [0.3, 0.4) is 0 Å². The van der Waals surface area contributed by atoms with Crippen LogP contribution in [0.5, 0.6) is 5.75 Å². The van der Waals surface area contributed by atoms with E-state index in [2.05, 4.69) is 36.1 Å². The summed E-state index contributed by atoms with van der Waals surface area (Å²) in [6, 6.07) is 20.8. The number of ether oxygens (including phenoxy) is 1. The average Bonchev–Trinajstić information content (AvgIpc) is 3.53. The van der Waals surface area contributed by atoms with Crippen LogP contribution in [0.15, 0.2) is 91.5 Å². The van der Waals surface area contributed by atoms with Crippen LogP contribution in [0.4, 0.5) is 5.69 Å². The zero-order valence-electron chi connectivity index (χ0n) is 19.7. The van der Waals surface area contributed by atoms with Gasteiger partial charge in [-0.05, 0) is 60.7 Å². The zero-order valence-corrected chi connectivity index (χ0v) is 20.6. The fraction of sp³-hybridized carbons (Fsp3) is 0.185. The molecule has 1 aliphatic heterocycles. The standard InChI is InChI=1S/C27H26N6O2S/c1-35-23-12-3-2-9-20(23)30-24(34)13-17-33-26(25(31-27(33)36)21-10-4-5-15-29-21)22-11-7-16-32(22)19-8-6-14-28-18-19/h2-12,14-16,18,25-26H,13,17H2,1H3,(H,30,34)(H,31,36)/t25-,26+/m1/s1. The van der Waals surface area contributed by atoms with Crippen molar-refractivity contribution in [3.8, 4) is 11.4 Å². The maximum absolute atomic E-state index is 12.9. The number of methoxy groups -OCH3 is 1. The summed E-state index contributed by atoms with van der Waals surface area (Å²) in [7, 11) is 1.58. The number of hydrogen-bond acceptors (Lipinski definition) is 5. The molecule has 0 spiro atoms. The molecule has 5 rings (SSSR count). The summed E-state index contributed by atoms with van der Waals surface area (Å²) in [5.41, 5.74) is 3.49. The summed E-state index contributed by atoms with van der Waals surface area (Å²) in [5.74, 6) is 0.497. The Bertz CT molecular complexity index is 1340. The topological polar surface area (TPSA) is 84.3 Å². The molecule has 0 saturated carbocycles. The lowest BCUT2D eigenvalue weighted by molar-refractivity contribution is -0.116. The monoisotopic (exact) mass is 498 g/mol. The zero-order chi connectivity index (χ0) is 24.9. The molecule has 2 atom stereocenters. The van der Waals surface area contributed by atoms with Gasteiger partial charge in [0.1, 0.15) is 5.75 Å². The van der Waals surface area contributed by atoms with Gasteiger partial charge in [0.05, 0.1) is 42.5 Å². The molecule has 182 valence electrons. The maximum atomic E-state index is 12.9. The Labute approximate surface area is 215 Å². The molecule has 0 bridgehead atoms. The highest BCUT2D eigenvalue weighted by Crippen LogP contribution is 2.39. The van der Waals surface area contributed by atoms with Crippen molar-refractivity contribution < 1.29 is 9.53 Å². The number of nitrogens with one attached hydrogen (secondary N) is 2. The van der Waals surface area contributed by atoms with E-state index in [9.17, 15) is 4.79 Å². The van der Waals surface area contributed by atoms with Crippen molar-refractivity contribution in [3.05, 3.63) is 103 Å². The molecule has 9 heteroatoms. The molecule has 0 aliphatic carbocycles. The highest BCUT2D eigenvalue weighted by Gasteiger charge is 2.41. The van der Waals surface area contributed by atoms with E-state index in [1.165, 1.54) is 0 Å². The van der Waals surface area contributed by atoms with Crippen LogP contribution < -0.4 is 15.4 Å². The van der Waals surface area contributed by atoms with Crippen molar-refractivity contribution >= 4 is 28.9 Å². The summed E-state index contributed by atoms with van der Waals surface area (Å²) in [6.07, 6.45) is 7.61. The van der Waals surface area contributed by atoms with Gasteiger partial charge in [0.25, 0.3) is 0 Å². The van der Waals surface area contributed by atoms with Gasteiger partial charge >= 0.3 is 0 Å². The molecule has 2 N–H and O–H groups in total. The van der Waals surface area contributed by atoms with Gasteiger partial charge in [0, 0.05) is 37.3 Å². The molecule has 36 heavy (non-hydrogen) atoms. The van der Waals surface area contributed by atoms with E-state index in [0.717, 1.165) is 17.1 Å². The largest absolute Gasteiger partial charge is 0.495 e. The molecule has 8 nitrogen and oxygen atoms in total. The highest BCUT2D eigenvalue weighted by molar-refractivity contribution is 7.80. The average molecular weight is 499 g/mol. The summed E-state index contributed by atoms with van der Waals surface area (Å²) < 4.78 is 7.46. The van der Waals surface area contributed by atoms with Crippen molar-refractivity contribution in [2.45, 2.75) is 18.5 Å². The van der Waals surface area contributed by atoms with Gasteiger partial charge in [0.15, 0.2) is 5.11 Å². The van der Waals surface area contributed by atoms with E-state index < -0.39 is 0 Å². The molecular formula is C27H26N6O2S. The lowest BCUT2D eigenvalue weighted by Crippen LogP contribution is -2.33. The number of para-hydroxylation sites is 2. The molecule has 0 radical (unpaired) electrons. The molecule has 1 saturated heterocycles. The normalized spacial score (nSPS) is 17.0. The second kappa shape index (κ2) is 10.6. The fourth-order valence-corrected chi connectivity index (χ4v) is 4.85. The number of thiocarbonyl (C=S) groups is 1. The van der Waals surface area contributed by atoms with Gasteiger partial charge < -0.3 is 24.8 Å². The van der Waals surface area contributed by atoms with E-state index in [4.69, 9.17) is 17.0 Å². The molecule has 4 heterocycles. The van der Waals surface area contributed by atoms with Crippen molar-refractivity contribution in [2.75, 3.05) is 19.0 Å². The van der Waals surface area contributed by atoms with E-state index in [0.29, 0.717) is 23.1 Å². The van der Waals surface area contributed by atoms with Crippen LogP contribution >= 0.6 is 12.2 Å². The van der Waals surface area contributed by atoms with Crippen molar-refractivity contribution in [3.63, 3.8) is 0 Å². The minimum Gasteiger partial charge on any atom is -0.495 e. The van der Waals surface area contributed by atoms with E-state index in [-0.39, 0.29) is 24.4 Å². The molecule has 4 aromatic rings. The summed E-state index contributed by atoms with van der Waals surface area (Å²) in [6.45, 7) is 0.430. The first-order valence-corrected chi connectivity index (χ1v) is 12.0. The number of hydrogen-bond donors (Lipinski definition) is 2. The van der Waals surface area contributed by atoms with Gasteiger partial charge in [-0.1, -0.05) is 18.2 Å². The number of rotatable bonds is 8. The van der Waals surface area contributed by atoms with Gasteiger partial charge in [-0.3, -0.25) is 14.8 Å². The van der Waals surface area contributed by atoms with Crippen LogP contribution in [0.2, 0.25) is 0 Å². The van der Waals surface area contributed by atoms with E-state index in [1.54, 1.807) is 19.5 Å². The number of pyridine rings is 2. The number of nitrogens with zero attached hydrogens (tertiary/aromatic N) is 4. The first-order chi connectivity index (χ1) is 17.7. The number of carbonyl (C=O) groups is 1. The Morgan fingerprint density at radius 3 is 2.72 bits per heavy atom. The number of aromatic nitrogens is 3. The highest BCUT2D eigenvalue weighted by atomic mass is 32.1. The molecule has 1 amide bonds. The quantitative estimate of drug-likeness (QED) is 0.351. The third-order valence-corrected chi connectivity index (χ3v) is 6.52. The van der Waals surface area contributed by atoms with Crippen LogP contribution in [-0.2, 0) is 4.79 Å². The molecule has 1 aliphatic rings. The van der Waals surface area contributed by atoms with Crippen LogP contribution in [0, 0.1) is 0 Å². The molecule has 1 aromatic carbocycles. The first-order valence-electron chi connectivity index (χ1n) is 11.6. The maximum Gasteiger partial charge on any atom is 0.226 e. The van der Waals surface area contributed by atoms with Gasteiger partial charge in [-0.25, -0.2) is 0 Å². The predicted octanol–water partition coefficient (Wildman–Crippen LogP) is 4.28. The number of amides is 1. The SMILES string of the molecule is COc1ccccc1NC(=O)CCN1C(=S)N[C@H](c2ccccn2)[C@@H]1c1cccn1-c1cccnc1. The second-order valence-electron chi connectivity index (χ2n) is 8.33. The fourth-order valence-electron chi connectivity index (χ4n) is 4.52. The summed E-state index contributed by atoms with van der Waals surface area (Å²) in [4.78, 5) is 23.8. The van der Waals surface area contributed by atoms with Crippen molar-refractivity contribution in [1.82, 2.24) is 24.8 Å². The van der Waals surface area contributed by atoms with Crippen LogP contribution in [0.25, 0.3) is 5.69 Å². The number of benzene rings is 1. The van der Waals surface area contributed by atoms with Gasteiger partial charge in [-0.2, -0.15) is 0 Å². The Balaban J connectivity index is 1.43. The van der Waals surface area contributed by atoms with E-state index >= 15 is 0 Å². The van der Waals surface area contributed by atoms with Crippen molar-refractivity contribution in [1.29, 1.82) is 0 Å². The number of anilines is 1. The third kappa shape index (κ3) is 4.78. The predicted molar refractivity (Wildman–Crippen MR) is 142 cm³/mol. The summed E-state index contributed by atoms with van der Waals surface area (Å²) in [5, 5.41) is 6.98. The smallest absolute Gasteiger partial charge is 0.226 e. The Hall–Kier alpha value is -4.24. The first kappa shape index (κ1) is 23.5. The van der Waals surface area contributed by atoms with Crippen molar-refractivity contribution in [2.24, 2.45) is 0 Å². The Kier molecular flexibility index (Phi) is 6.90. The Morgan fingerprint density at radius 1 is 1.08 bits per heavy atom. The Morgan fingerprint density at radius 2 is 1.94 bits per heavy atom. The van der Waals surface area contributed by atoms with Crippen LogP contribution in [0.1, 0.15) is 29.9 Å². The number of carbonyl (C=O) groups excluding carboxylic acids is 1. The van der Waals surface area contributed by atoms with Gasteiger partial charge in [0.2, 0.25) is 5.91 Å². The molecule has 3 aromatic heterocycles. The molecule has 0 unspecified atom stereocenters.